The molecule has 2 aromatic heterocycles. The Morgan fingerprint density at radius 3 is 2.57 bits per heavy atom. The summed E-state index contributed by atoms with van der Waals surface area (Å²) in [6.07, 6.45) is 0. The zero-order chi connectivity index (χ0) is 20.3. The molecule has 11 heteroatoms. The molecule has 0 fully saturated rings. The minimum Gasteiger partial charge on any atom is -0.454 e. The molecule has 28 heavy (non-hydrogen) atoms. The van der Waals surface area contributed by atoms with E-state index < -0.39 is 42.1 Å². The van der Waals surface area contributed by atoms with Crippen LogP contribution in [0.15, 0.2) is 45.3 Å². The standard InChI is InChI=1S/C17H14N4O6S/c18-14(24)11-5-6-28-16(11)19-12(22)8-27-13(23)7-21-17(26)10-4-2-1-3-9(10)15(25)20-21/h1-6H,7-8H2,(H2,18,24)(H,19,22)(H,20,25). The van der Waals surface area contributed by atoms with Gasteiger partial charge in [0.15, 0.2) is 6.61 Å². The van der Waals surface area contributed by atoms with Crippen LogP contribution in [0.3, 0.4) is 0 Å². The fourth-order valence-corrected chi connectivity index (χ4v) is 3.25. The highest BCUT2D eigenvalue weighted by Crippen LogP contribution is 2.22. The van der Waals surface area contributed by atoms with Crippen LogP contribution in [0.1, 0.15) is 10.4 Å². The average molecular weight is 402 g/mol. The number of hydrogen-bond donors (Lipinski definition) is 3. The molecular formula is C17H14N4O6S. The van der Waals surface area contributed by atoms with E-state index in [4.69, 9.17) is 10.5 Å². The number of hydrogen-bond acceptors (Lipinski definition) is 7. The van der Waals surface area contributed by atoms with Gasteiger partial charge in [-0.15, -0.1) is 11.3 Å². The number of H-pyrrole nitrogens is 1. The van der Waals surface area contributed by atoms with E-state index in [1.807, 2.05) is 0 Å². The van der Waals surface area contributed by atoms with E-state index in [2.05, 4.69) is 10.4 Å². The maximum atomic E-state index is 12.3. The molecule has 0 radical (unpaired) electrons. The van der Waals surface area contributed by atoms with Crippen LogP contribution >= 0.6 is 11.3 Å². The van der Waals surface area contributed by atoms with Crippen molar-refractivity contribution in [1.29, 1.82) is 0 Å². The van der Waals surface area contributed by atoms with E-state index in [1.165, 1.54) is 18.2 Å². The fourth-order valence-electron chi connectivity index (χ4n) is 2.44. The van der Waals surface area contributed by atoms with Crippen LogP contribution in [0.5, 0.6) is 0 Å². The van der Waals surface area contributed by atoms with Gasteiger partial charge in [0.05, 0.1) is 16.3 Å². The van der Waals surface area contributed by atoms with Gasteiger partial charge in [0, 0.05) is 0 Å². The van der Waals surface area contributed by atoms with E-state index in [1.54, 1.807) is 17.5 Å². The Morgan fingerprint density at radius 1 is 1.14 bits per heavy atom. The number of fused-ring (bicyclic) bond motifs is 1. The van der Waals surface area contributed by atoms with E-state index >= 15 is 0 Å². The first kappa shape index (κ1) is 19.0. The number of nitrogens with two attached hydrogens (primary N) is 1. The number of benzene rings is 1. The number of carbonyl (C=O) groups is 3. The lowest BCUT2D eigenvalue weighted by Gasteiger charge is -2.08. The SMILES string of the molecule is NC(=O)c1ccsc1NC(=O)COC(=O)Cn1[nH]c(=O)c2ccccc2c1=O. The Hall–Kier alpha value is -3.73. The summed E-state index contributed by atoms with van der Waals surface area (Å²) in [5.41, 5.74) is 4.22. The normalized spacial score (nSPS) is 10.6. The minimum atomic E-state index is -0.899. The predicted octanol–water partition coefficient (Wildman–Crippen LogP) is 0.0321. The number of nitrogens with zero attached hydrogens (tertiary/aromatic N) is 1. The zero-order valence-corrected chi connectivity index (χ0v) is 15.1. The maximum Gasteiger partial charge on any atom is 0.328 e. The van der Waals surface area contributed by atoms with Gasteiger partial charge in [0.25, 0.3) is 22.9 Å². The predicted molar refractivity (Wildman–Crippen MR) is 101 cm³/mol. The summed E-state index contributed by atoms with van der Waals surface area (Å²) in [5.74, 6) is -2.28. The van der Waals surface area contributed by atoms with Crippen molar-refractivity contribution in [2.75, 3.05) is 11.9 Å². The lowest BCUT2D eigenvalue weighted by Crippen LogP contribution is -2.33. The number of aromatic nitrogens is 2. The summed E-state index contributed by atoms with van der Waals surface area (Å²) in [7, 11) is 0. The summed E-state index contributed by atoms with van der Waals surface area (Å²) in [4.78, 5) is 59.4. The molecule has 10 nitrogen and oxygen atoms in total. The monoisotopic (exact) mass is 402 g/mol. The number of thiophene rings is 1. The molecule has 0 spiro atoms. The van der Waals surface area contributed by atoms with Crippen LogP contribution in [-0.4, -0.2) is 34.2 Å². The number of carbonyl (C=O) groups excluding carboxylic acids is 3. The molecule has 0 unspecified atom stereocenters. The first-order valence-corrected chi connectivity index (χ1v) is 8.79. The number of primary amides is 1. The van der Waals surface area contributed by atoms with Gasteiger partial charge in [0.2, 0.25) is 0 Å². The van der Waals surface area contributed by atoms with Gasteiger partial charge < -0.3 is 15.8 Å². The van der Waals surface area contributed by atoms with Gasteiger partial charge in [-0.1, -0.05) is 12.1 Å². The number of rotatable bonds is 6. The number of aromatic amines is 1. The molecule has 0 atom stereocenters. The molecule has 2 amide bonds. The van der Waals surface area contributed by atoms with Gasteiger partial charge in [0.1, 0.15) is 11.5 Å². The average Bonchev–Trinajstić information content (AvgIpc) is 3.12. The molecule has 0 saturated heterocycles. The third-order valence-corrected chi connectivity index (χ3v) is 4.55. The van der Waals surface area contributed by atoms with Gasteiger partial charge in [-0.3, -0.25) is 29.1 Å². The largest absolute Gasteiger partial charge is 0.454 e. The Kier molecular flexibility index (Phi) is 5.36. The number of nitrogens with one attached hydrogen (secondary N) is 2. The van der Waals surface area contributed by atoms with Crippen molar-refractivity contribution in [3.8, 4) is 0 Å². The van der Waals surface area contributed by atoms with Gasteiger partial charge in [-0.25, -0.2) is 4.68 Å². The van der Waals surface area contributed by atoms with E-state index in [-0.39, 0.29) is 21.3 Å². The highest BCUT2D eigenvalue weighted by molar-refractivity contribution is 7.14. The molecule has 3 rings (SSSR count). The molecule has 0 aliphatic rings. The van der Waals surface area contributed by atoms with Crippen molar-refractivity contribution < 1.29 is 19.1 Å². The topological polar surface area (TPSA) is 153 Å². The van der Waals surface area contributed by atoms with Crippen LogP contribution in [0.2, 0.25) is 0 Å². The van der Waals surface area contributed by atoms with Crippen molar-refractivity contribution in [1.82, 2.24) is 9.78 Å². The quantitative estimate of drug-likeness (QED) is 0.495. The highest BCUT2D eigenvalue weighted by atomic mass is 32.1. The van der Waals surface area contributed by atoms with Crippen molar-refractivity contribution >= 4 is 44.9 Å². The molecule has 144 valence electrons. The summed E-state index contributed by atoms with van der Waals surface area (Å²) < 4.78 is 5.63. The van der Waals surface area contributed by atoms with Gasteiger partial charge in [-0.2, -0.15) is 0 Å². The summed E-state index contributed by atoms with van der Waals surface area (Å²) in [6, 6.07) is 7.64. The molecule has 2 heterocycles. The molecule has 4 N–H and O–H groups in total. The first-order valence-electron chi connectivity index (χ1n) is 7.91. The Balaban J connectivity index is 1.64. The van der Waals surface area contributed by atoms with Crippen molar-refractivity contribution in [2.45, 2.75) is 6.54 Å². The summed E-state index contributed by atoms with van der Waals surface area (Å²) >= 11 is 1.09. The number of ether oxygens (including phenoxy) is 1. The molecule has 0 aliphatic heterocycles. The number of anilines is 1. The third-order valence-electron chi connectivity index (χ3n) is 3.72. The van der Waals surface area contributed by atoms with Crippen LogP contribution in [0.25, 0.3) is 10.8 Å². The van der Waals surface area contributed by atoms with Crippen LogP contribution < -0.4 is 22.2 Å². The van der Waals surface area contributed by atoms with Gasteiger partial charge in [-0.05, 0) is 23.6 Å². The molecule has 0 aliphatic carbocycles. The third kappa shape index (κ3) is 3.99. The maximum absolute atomic E-state index is 12.3. The van der Waals surface area contributed by atoms with Crippen molar-refractivity contribution in [3.63, 3.8) is 0 Å². The highest BCUT2D eigenvalue weighted by Gasteiger charge is 2.15. The van der Waals surface area contributed by atoms with Gasteiger partial charge >= 0.3 is 5.97 Å². The van der Waals surface area contributed by atoms with E-state index in [0.29, 0.717) is 0 Å². The summed E-state index contributed by atoms with van der Waals surface area (Å²) in [6.45, 7) is -1.21. The molecule has 0 bridgehead atoms. The molecule has 0 saturated carbocycles. The fraction of sp³-hybridized carbons (Fsp3) is 0.118. The molecular weight excluding hydrogens is 388 g/mol. The molecule has 3 aromatic rings. The van der Waals surface area contributed by atoms with Crippen LogP contribution in [-0.2, 0) is 20.9 Å². The number of amides is 2. The summed E-state index contributed by atoms with van der Waals surface area (Å²) in [5, 5.41) is 6.88. The Labute approximate surface area is 160 Å². The number of esters is 1. The second-order valence-corrected chi connectivity index (χ2v) is 6.53. The van der Waals surface area contributed by atoms with Crippen molar-refractivity contribution in [2.24, 2.45) is 5.73 Å². The van der Waals surface area contributed by atoms with E-state index in [9.17, 15) is 24.0 Å². The first-order chi connectivity index (χ1) is 13.4. The smallest absolute Gasteiger partial charge is 0.328 e. The zero-order valence-electron chi connectivity index (χ0n) is 14.3. The lowest BCUT2D eigenvalue weighted by molar-refractivity contribution is -0.148. The second kappa shape index (κ2) is 7.88. The lowest BCUT2D eigenvalue weighted by atomic mass is 10.2. The van der Waals surface area contributed by atoms with Crippen LogP contribution in [0.4, 0.5) is 5.00 Å². The van der Waals surface area contributed by atoms with Crippen molar-refractivity contribution in [3.05, 3.63) is 62.0 Å². The Morgan fingerprint density at radius 2 is 1.86 bits per heavy atom. The van der Waals surface area contributed by atoms with Crippen LogP contribution in [0, 0.1) is 0 Å². The Bertz CT molecular complexity index is 1190. The molecule has 1 aromatic carbocycles. The van der Waals surface area contributed by atoms with E-state index in [0.717, 1.165) is 16.0 Å². The minimum absolute atomic E-state index is 0.143. The second-order valence-electron chi connectivity index (χ2n) is 5.61.